The van der Waals surface area contributed by atoms with Crippen LogP contribution in [0.3, 0.4) is 0 Å². The van der Waals surface area contributed by atoms with Gasteiger partial charge in [-0.1, -0.05) is 6.92 Å². The van der Waals surface area contributed by atoms with Crippen LogP contribution in [0.25, 0.3) is 0 Å². The number of nitrogens with zero attached hydrogens (tertiary/aromatic N) is 2. The van der Waals surface area contributed by atoms with E-state index in [1.165, 1.54) is 10.4 Å². The first-order valence-corrected chi connectivity index (χ1v) is 8.20. The second-order valence-corrected chi connectivity index (χ2v) is 6.57. The van der Waals surface area contributed by atoms with E-state index in [2.05, 4.69) is 30.2 Å². The fourth-order valence-corrected chi connectivity index (χ4v) is 3.92. The van der Waals surface area contributed by atoms with Gasteiger partial charge in [0, 0.05) is 31.1 Å². The summed E-state index contributed by atoms with van der Waals surface area (Å²) in [5.74, 6) is 0.199. The largest absolute Gasteiger partial charge is 0.345 e. The molecule has 112 valence electrons. The molecular formula is C15H25N3OS. The van der Waals surface area contributed by atoms with Gasteiger partial charge >= 0.3 is 0 Å². The number of rotatable bonds is 4. The molecule has 4 nitrogen and oxygen atoms in total. The van der Waals surface area contributed by atoms with Crippen LogP contribution in [0.5, 0.6) is 0 Å². The Morgan fingerprint density at radius 2 is 2.20 bits per heavy atom. The average Bonchev–Trinajstić information content (AvgIpc) is 2.76. The Morgan fingerprint density at radius 1 is 1.45 bits per heavy atom. The van der Waals surface area contributed by atoms with Crippen LogP contribution in [0, 0.1) is 6.92 Å². The van der Waals surface area contributed by atoms with Gasteiger partial charge in [0.1, 0.15) is 0 Å². The minimum absolute atomic E-state index is 0.0727. The molecule has 1 aliphatic rings. The molecule has 0 bridgehead atoms. The maximum absolute atomic E-state index is 12.1. The molecular weight excluding hydrogens is 270 g/mol. The van der Waals surface area contributed by atoms with Crippen LogP contribution in [0.15, 0.2) is 11.4 Å². The molecule has 20 heavy (non-hydrogen) atoms. The van der Waals surface area contributed by atoms with Gasteiger partial charge in [-0.2, -0.15) is 0 Å². The van der Waals surface area contributed by atoms with Crippen LogP contribution in [0.4, 0.5) is 0 Å². The fourth-order valence-electron chi connectivity index (χ4n) is 2.79. The molecule has 1 amide bonds. The average molecular weight is 295 g/mol. The topological polar surface area (TPSA) is 49.6 Å². The van der Waals surface area contributed by atoms with Crippen LogP contribution in [0.2, 0.25) is 0 Å². The van der Waals surface area contributed by atoms with Crippen LogP contribution in [0.1, 0.15) is 36.2 Å². The lowest BCUT2D eigenvalue weighted by Crippen LogP contribution is -2.43. The highest BCUT2D eigenvalue weighted by molar-refractivity contribution is 7.10. The number of aryl methyl sites for hydroxylation is 1. The SMILES string of the molecule is CCC(N)C(c1sccc1C)N1CCCN(C)C(=O)C1. The Hall–Kier alpha value is -0.910. The van der Waals surface area contributed by atoms with Crippen molar-refractivity contribution >= 4 is 17.2 Å². The molecule has 2 unspecified atom stereocenters. The van der Waals surface area contributed by atoms with E-state index >= 15 is 0 Å². The highest BCUT2D eigenvalue weighted by Gasteiger charge is 2.31. The molecule has 5 heteroatoms. The summed E-state index contributed by atoms with van der Waals surface area (Å²) in [5.41, 5.74) is 7.67. The molecule has 1 aromatic heterocycles. The third kappa shape index (κ3) is 3.22. The van der Waals surface area contributed by atoms with Crippen molar-refractivity contribution in [2.24, 2.45) is 5.73 Å². The molecule has 0 aliphatic carbocycles. The smallest absolute Gasteiger partial charge is 0.236 e. The van der Waals surface area contributed by atoms with Crippen molar-refractivity contribution in [3.63, 3.8) is 0 Å². The summed E-state index contributed by atoms with van der Waals surface area (Å²) >= 11 is 1.76. The monoisotopic (exact) mass is 295 g/mol. The molecule has 2 rings (SSSR count). The van der Waals surface area contributed by atoms with Crippen molar-refractivity contribution in [3.8, 4) is 0 Å². The van der Waals surface area contributed by atoms with Gasteiger partial charge in [-0.05, 0) is 36.8 Å². The van der Waals surface area contributed by atoms with Crippen LogP contribution >= 0.6 is 11.3 Å². The first-order chi connectivity index (χ1) is 9.54. The highest BCUT2D eigenvalue weighted by atomic mass is 32.1. The zero-order valence-electron chi connectivity index (χ0n) is 12.6. The minimum atomic E-state index is 0.0727. The number of carbonyl (C=O) groups excluding carboxylic acids is 1. The molecule has 0 spiro atoms. The molecule has 0 saturated carbocycles. The summed E-state index contributed by atoms with van der Waals surface area (Å²) in [5, 5.41) is 2.12. The Bertz CT molecular complexity index is 460. The molecule has 1 aromatic rings. The first kappa shape index (κ1) is 15.5. The summed E-state index contributed by atoms with van der Waals surface area (Å²) < 4.78 is 0. The predicted octanol–water partition coefficient (Wildman–Crippen LogP) is 2.00. The molecule has 2 N–H and O–H groups in total. The minimum Gasteiger partial charge on any atom is -0.345 e. The lowest BCUT2D eigenvalue weighted by molar-refractivity contribution is -0.130. The normalized spacial score (nSPS) is 20.8. The Labute approximate surface area is 125 Å². The van der Waals surface area contributed by atoms with Gasteiger partial charge in [-0.25, -0.2) is 0 Å². The molecule has 0 radical (unpaired) electrons. The van der Waals surface area contributed by atoms with Crippen LogP contribution in [-0.4, -0.2) is 48.4 Å². The van der Waals surface area contributed by atoms with Gasteiger partial charge in [0.2, 0.25) is 5.91 Å². The summed E-state index contributed by atoms with van der Waals surface area (Å²) in [6.45, 7) is 6.50. The molecule has 1 saturated heterocycles. The van der Waals surface area contributed by atoms with Crippen molar-refractivity contribution < 1.29 is 4.79 Å². The third-order valence-corrected chi connectivity index (χ3v) is 5.23. The summed E-state index contributed by atoms with van der Waals surface area (Å²) in [6.07, 6.45) is 1.93. The van der Waals surface area contributed by atoms with E-state index in [0.717, 1.165) is 25.9 Å². The molecule has 1 fully saturated rings. The first-order valence-electron chi connectivity index (χ1n) is 7.32. The van der Waals surface area contributed by atoms with Gasteiger partial charge in [0.25, 0.3) is 0 Å². The quantitative estimate of drug-likeness (QED) is 0.924. The standard InChI is InChI=1S/C15H25N3OS/c1-4-12(16)14(15-11(2)6-9-20-15)18-8-5-7-17(3)13(19)10-18/h6,9,12,14H,4-5,7-8,10,16H2,1-3H3. The molecule has 0 aromatic carbocycles. The van der Waals surface area contributed by atoms with Crippen molar-refractivity contribution in [2.75, 3.05) is 26.7 Å². The van der Waals surface area contributed by atoms with Gasteiger partial charge in [-0.3, -0.25) is 9.69 Å². The van der Waals surface area contributed by atoms with Crippen LogP contribution < -0.4 is 5.73 Å². The Morgan fingerprint density at radius 3 is 2.80 bits per heavy atom. The number of hydrogen-bond donors (Lipinski definition) is 1. The zero-order chi connectivity index (χ0) is 14.7. The van der Waals surface area contributed by atoms with Gasteiger partial charge in [-0.15, -0.1) is 11.3 Å². The highest BCUT2D eigenvalue weighted by Crippen LogP contribution is 2.32. The maximum atomic E-state index is 12.1. The van der Waals surface area contributed by atoms with E-state index in [0.29, 0.717) is 6.54 Å². The number of nitrogens with two attached hydrogens (primary N) is 1. The van der Waals surface area contributed by atoms with Gasteiger partial charge in [0.15, 0.2) is 0 Å². The summed E-state index contributed by atoms with van der Waals surface area (Å²) in [4.78, 5) is 17.6. The van der Waals surface area contributed by atoms with E-state index in [4.69, 9.17) is 5.73 Å². The molecule has 2 heterocycles. The van der Waals surface area contributed by atoms with Gasteiger partial charge < -0.3 is 10.6 Å². The maximum Gasteiger partial charge on any atom is 0.236 e. The fraction of sp³-hybridized carbons (Fsp3) is 0.667. The predicted molar refractivity (Wildman–Crippen MR) is 83.9 cm³/mol. The summed E-state index contributed by atoms with van der Waals surface area (Å²) in [6, 6.07) is 2.38. The third-order valence-electron chi connectivity index (χ3n) is 4.14. The van der Waals surface area contributed by atoms with Crippen molar-refractivity contribution in [1.29, 1.82) is 0 Å². The van der Waals surface area contributed by atoms with Crippen LogP contribution in [-0.2, 0) is 4.79 Å². The van der Waals surface area contributed by atoms with Crippen molar-refractivity contribution in [3.05, 3.63) is 21.9 Å². The number of thiophene rings is 1. The van der Waals surface area contributed by atoms with E-state index in [1.54, 1.807) is 11.3 Å². The number of likely N-dealkylation sites (N-methyl/N-ethyl adjacent to an activating group) is 1. The van der Waals surface area contributed by atoms with Crippen molar-refractivity contribution in [1.82, 2.24) is 9.80 Å². The van der Waals surface area contributed by atoms with E-state index in [1.807, 2.05) is 11.9 Å². The van der Waals surface area contributed by atoms with E-state index in [-0.39, 0.29) is 18.0 Å². The van der Waals surface area contributed by atoms with Crippen molar-refractivity contribution in [2.45, 2.75) is 38.8 Å². The number of hydrogen-bond acceptors (Lipinski definition) is 4. The Balaban J connectivity index is 2.27. The van der Waals surface area contributed by atoms with E-state index < -0.39 is 0 Å². The summed E-state index contributed by atoms with van der Waals surface area (Å²) in [7, 11) is 1.89. The lowest BCUT2D eigenvalue weighted by Gasteiger charge is -2.33. The van der Waals surface area contributed by atoms with Gasteiger partial charge in [0.05, 0.1) is 12.6 Å². The molecule has 1 aliphatic heterocycles. The number of amides is 1. The number of carbonyl (C=O) groups is 1. The molecule has 2 atom stereocenters. The zero-order valence-corrected chi connectivity index (χ0v) is 13.4. The Kier molecular flexibility index (Phi) is 5.18. The lowest BCUT2D eigenvalue weighted by atomic mass is 10.0. The second-order valence-electron chi connectivity index (χ2n) is 5.62. The second kappa shape index (κ2) is 6.70. The van der Waals surface area contributed by atoms with E-state index in [9.17, 15) is 4.79 Å².